The van der Waals surface area contributed by atoms with E-state index < -0.39 is 17.2 Å². The molecule has 0 spiro atoms. The molecule has 0 radical (unpaired) electrons. The minimum Gasteiger partial charge on any atom is -0.481 e. The second-order valence-electron chi connectivity index (χ2n) is 6.80. The van der Waals surface area contributed by atoms with Gasteiger partial charge in [0.25, 0.3) is 5.56 Å². The van der Waals surface area contributed by atoms with E-state index in [2.05, 4.69) is 15.1 Å². The minimum atomic E-state index is -0.766. The highest BCUT2D eigenvalue weighted by Crippen LogP contribution is 2.29. The first kappa shape index (κ1) is 21.2. The maximum atomic E-state index is 14.1. The Kier molecular flexibility index (Phi) is 5.67. The van der Waals surface area contributed by atoms with Crippen LogP contribution in [0.4, 0.5) is 8.78 Å². The number of fused-ring (bicyclic) bond motifs is 1. The Morgan fingerprint density at radius 3 is 2.38 bits per heavy atom. The molecule has 164 valence electrons. The van der Waals surface area contributed by atoms with Gasteiger partial charge >= 0.3 is 6.01 Å². The van der Waals surface area contributed by atoms with Crippen molar-refractivity contribution in [2.75, 3.05) is 14.2 Å². The van der Waals surface area contributed by atoms with Gasteiger partial charge in [-0.1, -0.05) is 18.2 Å². The standard InChI is InChI=1S/C22H18F2N4O4/c1-12-15-5-4-6-17(32-22-25-18(30-2)10-19(26-22)31-3)20(15)21(29)28(27-12)11-13-7-8-14(23)9-16(13)24/h4-10H,11H2,1-3H3. The van der Waals surface area contributed by atoms with Crippen LogP contribution in [0, 0.1) is 18.6 Å². The van der Waals surface area contributed by atoms with E-state index in [0.29, 0.717) is 11.1 Å². The van der Waals surface area contributed by atoms with E-state index in [9.17, 15) is 13.6 Å². The van der Waals surface area contributed by atoms with Gasteiger partial charge < -0.3 is 14.2 Å². The van der Waals surface area contributed by atoms with Crippen LogP contribution in [0.5, 0.6) is 23.5 Å². The van der Waals surface area contributed by atoms with Crippen molar-refractivity contribution in [1.82, 2.24) is 19.7 Å². The lowest BCUT2D eigenvalue weighted by Crippen LogP contribution is -2.25. The van der Waals surface area contributed by atoms with E-state index in [-0.39, 0.29) is 41.0 Å². The van der Waals surface area contributed by atoms with Crippen LogP contribution >= 0.6 is 0 Å². The molecule has 0 saturated carbocycles. The highest BCUT2D eigenvalue weighted by molar-refractivity contribution is 5.89. The zero-order valence-corrected chi connectivity index (χ0v) is 17.4. The number of methoxy groups -OCH3 is 2. The van der Waals surface area contributed by atoms with Crippen molar-refractivity contribution in [2.45, 2.75) is 13.5 Å². The van der Waals surface area contributed by atoms with Crippen LogP contribution in [-0.2, 0) is 6.54 Å². The van der Waals surface area contributed by atoms with Gasteiger partial charge in [0.1, 0.15) is 17.4 Å². The van der Waals surface area contributed by atoms with Crippen molar-refractivity contribution in [1.29, 1.82) is 0 Å². The average Bonchev–Trinajstić information content (AvgIpc) is 2.78. The molecule has 0 amide bonds. The zero-order chi connectivity index (χ0) is 22.8. The van der Waals surface area contributed by atoms with E-state index in [0.717, 1.165) is 16.8 Å². The zero-order valence-electron chi connectivity index (χ0n) is 17.4. The second-order valence-corrected chi connectivity index (χ2v) is 6.80. The maximum Gasteiger partial charge on any atom is 0.328 e. The van der Waals surface area contributed by atoms with Gasteiger partial charge in [0.05, 0.1) is 37.9 Å². The van der Waals surface area contributed by atoms with Gasteiger partial charge in [-0.05, 0) is 19.1 Å². The smallest absolute Gasteiger partial charge is 0.328 e. The lowest BCUT2D eigenvalue weighted by molar-refractivity contribution is 0.348. The summed E-state index contributed by atoms with van der Waals surface area (Å²) < 4.78 is 44.5. The molecule has 0 unspecified atom stereocenters. The summed E-state index contributed by atoms with van der Waals surface area (Å²) in [5.41, 5.74) is 0.135. The Morgan fingerprint density at radius 1 is 1.00 bits per heavy atom. The predicted molar refractivity (Wildman–Crippen MR) is 111 cm³/mol. The van der Waals surface area contributed by atoms with Gasteiger partial charge in [0, 0.05) is 17.0 Å². The topological polar surface area (TPSA) is 88.4 Å². The molecule has 0 aliphatic carbocycles. The van der Waals surface area contributed by atoms with Gasteiger partial charge in [-0.25, -0.2) is 13.5 Å². The van der Waals surface area contributed by atoms with E-state index in [4.69, 9.17) is 14.2 Å². The van der Waals surface area contributed by atoms with Crippen LogP contribution in [0.2, 0.25) is 0 Å². The number of aromatic nitrogens is 4. The molecule has 0 bridgehead atoms. The molecule has 32 heavy (non-hydrogen) atoms. The van der Waals surface area contributed by atoms with Crippen molar-refractivity contribution >= 4 is 10.8 Å². The Balaban J connectivity index is 1.82. The van der Waals surface area contributed by atoms with Crippen molar-refractivity contribution < 1.29 is 23.0 Å². The molecule has 2 heterocycles. The minimum absolute atomic E-state index is 0.0845. The first-order valence-electron chi connectivity index (χ1n) is 9.49. The normalized spacial score (nSPS) is 10.9. The molecule has 2 aromatic heterocycles. The molecular formula is C22H18F2N4O4. The fraction of sp³-hybridized carbons (Fsp3) is 0.182. The summed E-state index contributed by atoms with van der Waals surface area (Å²) in [5.74, 6) is -0.853. The van der Waals surface area contributed by atoms with Gasteiger partial charge in [0.15, 0.2) is 0 Å². The van der Waals surface area contributed by atoms with E-state index >= 15 is 0 Å². The molecule has 4 aromatic rings. The number of halogens is 2. The quantitative estimate of drug-likeness (QED) is 0.452. The Bertz CT molecular complexity index is 1350. The average molecular weight is 440 g/mol. The first-order chi connectivity index (χ1) is 15.4. The molecule has 0 saturated heterocycles. The van der Waals surface area contributed by atoms with Crippen molar-refractivity contribution in [3.8, 4) is 23.5 Å². The Morgan fingerprint density at radius 2 is 1.72 bits per heavy atom. The molecular weight excluding hydrogens is 422 g/mol. The molecule has 0 atom stereocenters. The predicted octanol–water partition coefficient (Wildman–Crippen LogP) is 3.63. The summed E-state index contributed by atoms with van der Waals surface area (Å²) in [6, 6.07) is 9.57. The summed E-state index contributed by atoms with van der Waals surface area (Å²) in [7, 11) is 2.87. The van der Waals surface area contributed by atoms with Crippen LogP contribution in [0.3, 0.4) is 0 Å². The number of nitrogens with zero attached hydrogens (tertiary/aromatic N) is 4. The first-order valence-corrected chi connectivity index (χ1v) is 9.49. The Hall–Kier alpha value is -4.08. The molecule has 0 aliphatic rings. The third-order valence-electron chi connectivity index (χ3n) is 4.75. The van der Waals surface area contributed by atoms with Crippen molar-refractivity contribution in [2.24, 2.45) is 0 Å². The fourth-order valence-electron chi connectivity index (χ4n) is 3.20. The van der Waals surface area contributed by atoms with Gasteiger partial charge in [0.2, 0.25) is 11.8 Å². The number of hydrogen-bond acceptors (Lipinski definition) is 7. The van der Waals surface area contributed by atoms with Crippen LogP contribution < -0.4 is 19.8 Å². The number of aryl methyl sites for hydroxylation is 1. The fourth-order valence-corrected chi connectivity index (χ4v) is 3.20. The van der Waals surface area contributed by atoms with Crippen LogP contribution in [0.15, 0.2) is 47.3 Å². The third kappa shape index (κ3) is 4.07. The van der Waals surface area contributed by atoms with Gasteiger partial charge in [-0.3, -0.25) is 4.79 Å². The SMILES string of the molecule is COc1cc(OC)nc(Oc2cccc3c(C)nn(Cc4ccc(F)cc4F)c(=O)c23)n1. The summed E-state index contributed by atoms with van der Waals surface area (Å²) in [5, 5.41) is 5.05. The lowest BCUT2D eigenvalue weighted by Gasteiger charge is -2.13. The number of hydrogen-bond donors (Lipinski definition) is 0. The highest BCUT2D eigenvalue weighted by Gasteiger charge is 2.17. The van der Waals surface area contributed by atoms with Crippen LogP contribution in [0.1, 0.15) is 11.3 Å². The second kappa shape index (κ2) is 8.58. The van der Waals surface area contributed by atoms with E-state index in [1.54, 1.807) is 25.1 Å². The number of ether oxygens (including phenoxy) is 3. The van der Waals surface area contributed by atoms with Crippen molar-refractivity contribution in [3.63, 3.8) is 0 Å². The molecule has 2 aromatic carbocycles. The lowest BCUT2D eigenvalue weighted by atomic mass is 10.1. The molecule has 8 nitrogen and oxygen atoms in total. The summed E-state index contributed by atoms with van der Waals surface area (Å²) in [4.78, 5) is 21.5. The third-order valence-corrected chi connectivity index (χ3v) is 4.75. The molecule has 0 aliphatic heterocycles. The van der Waals surface area contributed by atoms with E-state index in [1.807, 2.05) is 0 Å². The largest absolute Gasteiger partial charge is 0.481 e. The molecule has 4 rings (SSSR count). The summed E-state index contributed by atoms with van der Waals surface area (Å²) in [6.07, 6.45) is 0. The van der Waals surface area contributed by atoms with Gasteiger partial charge in [-0.15, -0.1) is 0 Å². The van der Waals surface area contributed by atoms with Gasteiger partial charge in [-0.2, -0.15) is 15.1 Å². The molecule has 0 fully saturated rings. The van der Waals surface area contributed by atoms with E-state index in [1.165, 1.54) is 26.4 Å². The highest BCUT2D eigenvalue weighted by atomic mass is 19.1. The number of rotatable bonds is 6. The molecule has 0 N–H and O–H groups in total. The molecule has 10 heteroatoms. The van der Waals surface area contributed by atoms with Crippen molar-refractivity contribution in [3.05, 3.63) is 75.7 Å². The number of benzene rings is 2. The van der Waals surface area contributed by atoms with Crippen LogP contribution in [-0.4, -0.2) is 34.0 Å². The summed E-state index contributed by atoms with van der Waals surface area (Å²) >= 11 is 0. The Labute approximate surface area is 181 Å². The monoisotopic (exact) mass is 440 g/mol. The summed E-state index contributed by atoms with van der Waals surface area (Å²) in [6.45, 7) is 1.54. The van der Waals surface area contributed by atoms with Crippen LogP contribution in [0.25, 0.3) is 10.8 Å². The maximum absolute atomic E-state index is 14.1.